The van der Waals surface area contributed by atoms with Crippen molar-refractivity contribution in [3.05, 3.63) is 12.3 Å². The molecule has 1 saturated heterocycles. The maximum atomic E-state index is 5.29. The molecule has 0 bridgehead atoms. The van der Waals surface area contributed by atoms with E-state index in [1.54, 1.807) is 7.11 Å². The van der Waals surface area contributed by atoms with Gasteiger partial charge in [-0.2, -0.15) is 0 Å². The topological polar surface area (TPSA) is 18.5 Å². The minimum Gasteiger partial charge on any atom is -0.496 e. The molecule has 0 amide bonds. The fourth-order valence-corrected chi connectivity index (χ4v) is 1.43. The van der Waals surface area contributed by atoms with E-state index < -0.39 is 0 Å². The van der Waals surface area contributed by atoms with Crippen LogP contribution in [0.5, 0.6) is 0 Å². The highest BCUT2D eigenvalue weighted by Crippen LogP contribution is 2.10. The Kier molecular flexibility index (Phi) is 3.12. The van der Waals surface area contributed by atoms with E-state index in [0.29, 0.717) is 0 Å². The van der Waals surface area contributed by atoms with Crippen LogP contribution in [0.3, 0.4) is 0 Å². The molecule has 12 heavy (non-hydrogen) atoms. The van der Waals surface area contributed by atoms with Crippen molar-refractivity contribution in [2.75, 3.05) is 47.0 Å². The first-order chi connectivity index (χ1) is 5.66. The third-order valence-corrected chi connectivity index (χ3v) is 2.40. The molecule has 0 radical (unpaired) electrons. The van der Waals surface area contributed by atoms with Crippen LogP contribution in [0.25, 0.3) is 0 Å². The zero-order valence-corrected chi connectivity index (χ0v) is 8.01. The van der Waals surface area contributed by atoms with Crippen LogP contribution in [-0.4, -0.2) is 51.5 Å². The first-order valence-corrected chi connectivity index (χ1v) is 4.29. The number of morpholine rings is 1. The summed E-state index contributed by atoms with van der Waals surface area (Å²) < 4.78 is 11.4. The number of methoxy groups -OCH3 is 1. The lowest BCUT2D eigenvalue weighted by atomic mass is 10.3. The summed E-state index contributed by atoms with van der Waals surface area (Å²) in [6.07, 6.45) is 0. The second-order valence-electron chi connectivity index (χ2n) is 3.58. The zero-order valence-electron chi connectivity index (χ0n) is 8.01. The number of hydrogen-bond acceptors (Lipinski definition) is 2. The van der Waals surface area contributed by atoms with Gasteiger partial charge in [0.2, 0.25) is 0 Å². The summed E-state index contributed by atoms with van der Waals surface area (Å²) in [6.45, 7) is 8.56. The summed E-state index contributed by atoms with van der Waals surface area (Å²) in [5, 5.41) is 0. The average Bonchev–Trinajstić information content (AvgIpc) is 2.05. The predicted molar refractivity (Wildman–Crippen MR) is 47.8 cm³/mol. The van der Waals surface area contributed by atoms with Crippen molar-refractivity contribution in [3.63, 3.8) is 0 Å². The van der Waals surface area contributed by atoms with E-state index in [-0.39, 0.29) is 0 Å². The maximum Gasteiger partial charge on any atom is 0.143 e. The van der Waals surface area contributed by atoms with Crippen molar-refractivity contribution in [2.24, 2.45) is 0 Å². The van der Waals surface area contributed by atoms with Gasteiger partial charge in [-0.05, 0) is 0 Å². The van der Waals surface area contributed by atoms with Gasteiger partial charge in [0.05, 0.1) is 27.4 Å². The molecule has 0 atom stereocenters. The van der Waals surface area contributed by atoms with Crippen LogP contribution in [0.15, 0.2) is 12.3 Å². The molecule has 0 aliphatic carbocycles. The normalized spacial score (nSPS) is 21.8. The van der Waals surface area contributed by atoms with Gasteiger partial charge in [-0.15, -0.1) is 0 Å². The molecule has 1 aliphatic heterocycles. The van der Waals surface area contributed by atoms with E-state index in [0.717, 1.165) is 43.1 Å². The Balaban J connectivity index is 2.41. The number of rotatable bonds is 3. The summed E-state index contributed by atoms with van der Waals surface area (Å²) in [4.78, 5) is 0. The molecule has 1 heterocycles. The van der Waals surface area contributed by atoms with E-state index in [1.807, 2.05) is 0 Å². The fourth-order valence-electron chi connectivity index (χ4n) is 1.43. The Morgan fingerprint density at radius 1 is 1.50 bits per heavy atom. The van der Waals surface area contributed by atoms with E-state index in [4.69, 9.17) is 9.47 Å². The van der Waals surface area contributed by atoms with Crippen LogP contribution in [0.4, 0.5) is 0 Å². The SMILES string of the molecule is C=C(C[N+]1(C)CCOCC1)OC. The predicted octanol–water partition coefficient (Wildman–Crippen LogP) is 0.623. The quantitative estimate of drug-likeness (QED) is 0.459. The van der Waals surface area contributed by atoms with Crippen molar-refractivity contribution in [1.29, 1.82) is 0 Å². The minimum atomic E-state index is 0.855. The molecule has 3 heteroatoms. The summed E-state index contributed by atoms with van der Waals surface area (Å²) in [7, 11) is 3.89. The summed E-state index contributed by atoms with van der Waals surface area (Å²) in [6, 6.07) is 0. The Morgan fingerprint density at radius 2 is 2.08 bits per heavy atom. The van der Waals surface area contributed by atoms with Gasteiger partial charge in [-0.1, -0.05) is 6.58 Å². The van der Waals surface area contributed by atoms with Crippen molar-refractivity contribution < 1.29 is 14.0 Å². The summed E-state index contributed by atoms with van der Waals surface area (Å²) in [5.41, 5.74) is 0. The number of quaternary nitrogens is 1. The molecular weight excluding hydrogens is 154 g/mol. The van der Waals surface area contributed by atoms with Crippen LogP contribution in [0.1, 0.15) is 0 Å². The van der Waals surface area contributed by atoms with Crippen LogP contribution in [0.2, 0.25) is 0 Å². The minimum absolute atomic E-state index is 0.855. The number of hydrogen-bond donors (Lipinski definition) is 0. The molecule has 3 nitrogen and oxygen atoms in total. The largest absolute Gasteiger partial charge is 0.496 e. The van der Waals surface area contributed by atoms with Crippen molar-refractivity contribution in [2.45, 2.75) is 0 Å². The highest BCUT2D eigenvalue weighted by atomic mass is 16.5. The lowest BCUT2D eigenvalue weighted by molar-refractivity contribution is -0.913. The third-order valence-electron chi connectivity index (χ3n) is 2.40. The summed E-state index contributed by atoms with van der Waals surface area (Å²) >= 11 is 0. The molecule has 0 aromatic rings. The van der Waals surface area contributed by atoms with Gasteiger partial charge in [0.25, 0.3) is 0 Å². The molecular formula is C9H18NO2+. The number of ether oxygens (including phenoxy) is 2. The third kappa shape index (κ3) is 2.50. The van der Waals surface area contributed by atoms with E-state index in [1.165, 1.54) is 0 Å². The van der Waals surface area contributed by atoms with Crippen molar-refractivity contribution in [1.82, 2.24) is 0 Å². The Morgan fingerprint density at radius 3 is 2.58 bits per heavy atom. The smallest absolute Gasteiger partial charge is 0.143 e. The molecule has 0 spiro atoms. The molecule has 1 rings (SSSR count). The van der Waals surface area contributed by atoms with Gasteiger partial charge in [-0.25, -0.2) is 0 Å². The van der Waals surface area contributed by atoms with Crippen LogP contribution < -0.4 is 0 Å². The molecule has 70 valence electrons. The molecule has 0 saturated carbocycles. The van der Waals surface area contributed by atoms with Gasteiger partial charge in [0, 0.05) is 0 Å². The molecule has 1 fully saturated rings. The van der Waals surface area contributed by atoms with Gasteiger partial charge >= 0.3 is 0 Å². The van der Waals surface area contributed by atoms with Gasteiger partial charge in [0.15, 0.2) is 0 Å². The van der Waals surface area contributed by atoms with Crippen LogP contribution in [-0.2, 0) is 9.47 Å². The van der Waals surface area contributed by atoms with E-state index >= 15 is 0 Å². The second kappa shape index (κ2) is 3.92. The van der Waals surface area contributed by atoms with Crippen molar-refractivity contribution >= 4 is 0 Å². The molecule has 0 N–H and O–H groups in total. The number of likely N-dealkylation sites (N-methyl/N-ethyl adjacent to an activating group) is 1. The van der Waals surface area contributed by atoms with Crippen LogP contribution >= 0.6 is 0 Å². The van der Waals surface area contributed by atoms with Gasteiger partial charge in [0.1, 0.15) is 25.4 Å². The number of nitrogens with zero attached hydrogens (tertiary/aromatic N) is 1. The maximum absolute atomic E-state index is 5.29. The highest BCUT2D eigenvalue weighted by molar-refractivity contribution is 4.81. The van der Waals surface area contributed by atoms with Gasteiger partial charge < -0.3 is 14.0 Å². The Hall–Kier alpha value is -0.540. The fraction of sp³-hybridized carbons (Fsp3) is 0.778. The van der Waals surface area contributed by atoms with Gasteiger partial charge in [-0.3, -0.25) is 0 Å². The first-order valence-electron chi connectivity index (χ1n) is 4.29. The summed E-state index contributed by atoms with van der Waals surface area (Å²) in [5.74, 6) is 0.861. The highest BCUT2D eigenvalue weighted by Gasteiger charge is 2.25. The monoisotopic (exact) mass is 172 g/mol. The lowest BCUT2D eigenvalue weighted by Crippen LogP contribution is -2.52. The molecule has 0 aromatic carbocycles. The Bertz CT molecular complexity index is 162. The van der Waals surface area contributed by atoms with Crippen molar-refractivity contribution in [3.8, 4) is 0 Å². The van der Waals surface area contributed by atoms with E-state index in [9.17, 15) is 0 Å². The molecule has 1 aliphatic rings. The lowest BCUT2D eigenvalue weighted by Gasteiger charge is -2.37. The Labute approximate surface area is 74.2 Å². The molecule has 0 unspecified atom stereocenters. The van der Waals surface area contributed by atoms with E-state index in [2.05, 4.69) is 13.6 Å². The average molecular weight is 172 g/mol. The second-order valence-corrected chi connectivity index (χ2v) is 3.58. The molecule has 0 aromatic heterocycles. The standard InChI is InChI=1S/C9H18NO2/c1-9(11-3)8-10(2)4-6-12-7-5-10/h1,4-8H2,2-3H3/q+1. The first kappa shape index (κ1) is 9.55. The zero-order chi connectivity index (χ0) is 9.03. The van der Waals surface area contributed by atoms with Crippen LogP contribution in [0, 0.1) is 0 Å².